The summed E-state index contributed by atoms with van der Waals surface area (Å²) < 4.78 is 15.3. The van der Waals surface area contributed by atoms with Crippen molar-refractivity contribution in [3.8, 4) is 22.9 Å². The summed E-state index contributed by atoms with van der Waals surface area (Å²) >= 11 is 0. The van der Waals surface area contributed by atoms with Gasteiger partial charge in [-0.25, -0.2) is 9.37 Å². The number of halogens is 1. The van der Waals surface area contributed by atoms with Gasteiger partial charge in [0.05, 0.1) is 11.0 Å². The fraction of sp³-hybridized carbons (Fsp3) is 0.188. The van der Waals surface area contributed by atoms with Crippen molar-refractivity contribution in [1.82, 2.24) is 9.55 Å². The molecular formula is C16H15FN2O2. The Labute approximate surface area is 121 Å². The van der Waals surface area contributed by atoms with E-state index in [0.29, 0.717) is 11.3 Å². The summed E-state index contributed by atoms with van der Waals surface area (Å²) in [6.07, 6.45) is 0. The molecule has 0 radical (unpaired) electrons. The average molecular weight is 286 g/mol. The summed E-state index contributed by atoms with van der Waals surface area (Å²) in [6.45, 7) is 3.93. The van der Waals surface area contributed by atoms with Gasteiger partial charge in [-0.15, -0.1) is 0 Å². The van der Waals surface area contributed by atoms with Gasteiger partial charge in [0.2, 0.25) is 0 Å². The number of imidazole rings is 1. The van der Waals surface area contributed by atoms with E-state index in [-0.39, 0.29) is 28.9 Å². The highest BCUT2D eigenvalue weighted by atomic mass is 19.1. The van der Waals surface area contributed by atoms with Gasteiger partial charge in [0.1, 0.15) is 28.7 Å². The van der Waals surface area contributed by atoms with Gasteiger partial charge in [0, 0.05) is 12.1 Å². The molecule has 0 spiro atoms. The molecule has 0 atom stereocenters. The number of hydrogen-bond acceptors (Lipinski definition) is 3. The van der Waals surface area contributed by atoms with Gasteiger partial charge in [0.25, 0.3) is 0 Å². The van der Waals surface area contributed by atoms with Crippen LogP contribution in [0.4, 0.5) is 4.39 Å². The molecule has 0 aliphatic heterocycles. The number of aromatic hydroxyl groups is 2. The van der Waals surface area contributed by atoms with E-state index in [9.17, 15) is 14.6 Å². The Kier molecular flexibility index (Phi) is 3.05. The predicted molar refractivity (Wildman–Crippen MR) is 78.8 cm³/mol. The minimum Gasteiger partial charge on any atom is -0.507 e. The van der Waals surface area contributed by atoms with Crippen molar-refractivity contribution < 1.29 is 14.6 Å². The Morgan fingerprint density at radius 2 is 1.76 bits per heavy atom. The summed E-state index contributed by atoms with van der Waals surface area (Å²) in [5.41, 5.74) is 1.49. The number of fused-ring (bicyclic) bond motifs is 1. The van der Waals surface area contributed by atoms with Gasteiger partial charge in [-0.2, -0.15) is 0 Å². The molecule has 0 aliphatic rings. The van der Waals surface area contributed by atoms with E-state index in [1.54, 1.807) is 12.1 Å². The molecule has 0 fully saturated rings. The largest absolute Gasteiger partial charge is 0.507 e. The first-order valence-corrected chi connectivity index (χ1v) is 6.68. The fourth-order valence-corrected chi connectivity index (χ4v) is 2.53. The molecule has 0 aliphatic carbocycles. The molecule has 1 heterocycles. The SMILES string of the molecule is CC(C)n1c(-c2c(O)cccc2O)nc2cc(F)ccc21. The molecule has 5 heteroatoms. The van der Waals surface area contributed by atoms with Crippen LogP contribution in [-0.4, -0.2) is 19.8 Å². The Morgan fingerprint density at radius 3 is 2.38 bits per heavy atom. The van der Waals surface area contributed by atoms with Gasteiger partial charge < -0.3 is 14.8 Å². The van der Waals surface area contributed by atoms with Gasteiger partial charge in [-0.05, 0) is 38.1 Å². The third-order valence-corrected chi connectivity index (χ3v) is 3.41. The Hall–Kier alpha value is -2.56. The monoisotopic (exact) mass is 286 g/mol. The lowest BCUT2D eigenvalue weighted by Gasteiger charge is -2.14. The Bertz CT molecular complexity index is 804. The van der Waals surface area contributed by atoms with Crippen molar-refractivity contribution in [3.63, 3.8) is 0 Å². The lowest BCUT2D eigenvalue weighted by Crippen LogP contribution is -2.03. The van der Waals surface area contributed by atoms with Crippen LogP contribution in [0.3, 0.4) is 0 Å². The number of phenols is 2. The number of hydrogen-bond donors (Lipinski definition) is 2. The second kappa shape index (κ2) is 4.77. The maximum absolute atomic E-state index is 13.4. The maximum Gasteiger partial charge on any atom is 0.148 e. The molecule has 21 heavy (non-hydrogen) atoms. The molecule has 0 saturated carbocycles. The number of phenolic OH excluding ortho intramolecular Hbond substituents is 2. The maximum atomic E-state index is 13.4. The third kappa shape index (κ3) is 2.11. The molecule has 1 aromatic heterocycles. The second-order valence-electron chi connectivity index (χ2n) is 5.20. The highest BCUT2D eigenvalue weighted by molar-refractivity contribution is 5.84. The zero-order valence-corrected chi connectivity index (χ0v) is 11.7. The van der Waals surface area contributed by atoms with Crippen LogP contribution < -0.4 is 0 Å². The van der Waals surface area contributed by atoms with Gasteiger partial charge in [0.15, 0.2) is 0 Å². The first kappa shape index (κ1) is 13.4. The minimum absolute atomic E-state index is 0.0365. The number of benzene rings is 2. The van der Waals surface area contributed by atoms with Gasteiger partial charge >= 0.3 is 0 Å². The van der Waals surface area contributed by atoms with Crippen LogP contribution in [0.15, 0.2) is 36.4 Å². The van der Waals surface area contributed by atoms with E-state index in [1.807, 2.05) is 18.4 Å². The van der Waals surface area contributed by atoms with Crippen molar-refractivity contribution in [2.75, 3.05) is 0 Å². The van der Waals surface area contributed by atoms with Crippen molar-refractivity contribution in [2.45, 2.75) is 19.9 Å². The minimum atomic E-state index is -0.371. The summed E-state index contributed by atoms with van der Waals surface area (Å²) in [4.78, 5) is 4.39. The van der Waals surface area contributed by atoms with E-state index in [1.165, 1.54) is 24.3 Å². The molecule has 2 N–H and O–H groups in total. The smallest absolute Gasteiger partial charge is 0.148 e. The normalized spacial score (nSPS) is 11.4. The molecule has 3 rings (SSSR count). The Morgan fingerprint density at radius 1 is 1.10 bits per heavy atom. The molecule has 108 valence electrons. The highest BCUT2D eigenvalue weighted by Gasteiger charge is 2.20. The first-order valence-electron chi connectivity index (χ1n) is 6.68. The number of aromatic nitrogens is 2. The summed E-state index contributed by atoms with van der Waals surface area (Å²) in [7, 11) is 0. The van der Waals surface area contributed by atoms with E-state index in [0.717, 1.165) is 5.52 Å². The van der Waals surface area contributed by atoms with Crippen molar-refractivity contribution in [2.24, 2.45) is 0 Å². The quantitative estimate of drug-likeness (QED) is 0.752. The summed E-state index contributed by atoms with van der Waals surface area (Å²) in [6, 6.07) is 8.93. The molecule has 0 unspecified atom stereocenters. The fourth-order valence-electron chi connectivity index (χ4n) is 2.53. The lowest BCUT2D eigenvalue weighted by atomic mass is 10.1. The molecule has 2 aromatic carbocycles. The van der Waals surface area contributed by atoms with Crippen LogP contribution in [0, 0.1) is 5.82 Å². The van der Waals surface area contributed by atoms with Crippen LogP contribution in [0.5, 0.6) is 11.5 Å². The van der Waals surface area contributed by atoms with E-state index < -0.39 is 0 Å². The van der Waals surface area contributed by atoms with Crippen LogP contribution in [0.2, 0.25) is 0 Å². The van der Waals surface area contributed by atoms with Crippen LogP contribution >= 0.6 is 0 Å². The highest BCUT2D eigenvalue weighted by Crippen LogP contribution is 2.39. The lowest BCUT2D eigenvalue weighted by molar-refractivity contribution is 0.452. The molecule has 0 saturated heterocycles. The molecule has 3 aromatic rings. The van der Waals surface area contributed by atoms with Crippen LogP contribution in [-0.2, 0) is 0 Å². The predicted octanol–water partition coefficient (Wildman–Crippen LogP) is 3.83. The summed E-state index contributed by atoms with van der Waals surface area (Å²) in [5.74, 6) is -0.0782. The van der Waals surface area contributed by atoms with Crippen LogP contribution in [0.25, 0.3) is 22.4 Å². The topological polar surface area (TPSA) is 58.3 Å². The zero-order chi connectivity index (χ0) is 15.1. The molecular weight excluding hydrogens is 271 g/mol. The van der Waals surface area contributed by atoms with Crippen molar-refractivity contribution in [3.05, 3.63) is 42.2 Å². The standard InChI is InChI=1S/C16H15FN2O2/c1-9(2)19-12-7-6-10(17)8-11(12)18-16(19)15-13(20)4-3-5-14(15)21/h3-9,20-21H,1-2H3. The van der Waals surface area contributed by atoms with Crippen molar-refractivity contribution in [1.29, 1.82) is 0 Å². The molecule has 0 bridgehead atoms. The Balaban J connectivity index is 2.39. The van der Waals surface area contributed by atoms with Gasteiger partial charge in [-0.1, -0.05) is 6.07 Å². The van der Waals surface area contributed by atoms with Gasteiger partial charge in [-0.3, -0.25) is 0 Å². The van der Waals surface area contributed by atoms with Crippen LogP contribution in [0.1, 0.15) is 19.9 Å². The number of rotatable bonds is 2. The van der Waals surface area contributed by atoms with Crippen molar-refractivity contribution >= 4 is 11.0 Å². The van der Waals surface area contributed by atoms with E-state index in [2.05, 4.69) is 4.98 Å². The zero-order valence-electron chi connectivity index (χ0n) is 11.7. The van der Waals surface area contributed by atoms with E-state index in [4.69, 9.17) is 0 Å². The molecule has 0 amide bonds. The average Bonchev–Trinajstić information content (AvgIpc) is 2.76. The summed E-state index contributed by atoms with van der Waals surface area (Å²) in [5, 5.41) is 20.1. The molecule has 4 nitrogen and oxygen atoms in total. The third-order valence-electron chi connectivity index (χ3n) is 3.41. The number of nitrogens with zero attached hydrogens (tertiary/aromatic N) is 2. The van der Waals surface area contributed by atoms with E-state index >= 15 is 0 Å². The first-order chi connectivity index (χ1) is 9.99. The second-order valence-corrected chi connectivity index (χ2v) is 5.20.